The van der Waals surface area contributed by atoms with Crippen LogP contribution in [0.4, 0.5) is 10.2 Å². The molecule has 2 aromatic carbocycles. The van der Waals surface area contributed by atoms with Crippen LogP contribution in [0.2, 0.25) is 0 Å². The standard InChI is InChI=1S/C24H21FN4O2/c1-16-19(15-21-24(30)31-22(26-21)18-11-5-6-12-20(18)25)23(28-13-7-8-14-28)29(27-16)17-9-3-2-4-10-17/h2-6,9-12,15H,7-8,13-14H2,1H3/b21-15+. The topological polar surface area (TPSA) is 59.7 Å². The number of esters is 1. The van der Waals surface area contributed by atoms with Gasteiger partial charge in [0.1, 0.15) is 11.6 Å². The van der Waals surface area contributed by atoms with E-state index in [0.29, 0.717) is 0 Å². The van der Waals surface area contributed by atoms with Gasteiger partial charge in [0.15, 0.2) is 5.70 Å². The maximum Gasteiger partial charge on any atom is 0.363 e. The number of carbonyl (C=O) groups is 1. The Morgan fingerprint density at radius 1 is 1.03 bits per heavy atom. The molecular weight excluding hydrogens is 395 g/mol. The van der Waals surface area contributed by atoms with E-state index in [1.807, 2.05) is 41.9 Å². The van der Waals surface area contributed by atoms with Gasteiger partial charge in [0.05, 0.1) is 16.9 Å². The van der Waals surface area contributed by atoms with Gasteiger partial charge in [-0.3, -0.25) is 0 Å². The van der Waals surface area contributed by atoms with Crippen LogP contribution in [0.3, 0.4) is 0 Å². The lowest BCUT2D eigenvalue weighted by atomic mass is 10.2. The van der Waals surface area contributed by atoms with Gasteiger partial charge in [-0.1, -0.05) is 30.3 Å². The van der Waals surface area contributed by atoms with Crippen LogP contribution in [0.25, 0.3) is 11.8 Å². The van der Waals surface area contributed by atoms with E-state index in [0.717, 1.165) is 48.7 Å². The number of rotatable bonds is 4. The Bertz CT molecular complexity index is 1210. The minimum absolute atomic E-state index is 0.0230. The molecule has 7 heteroatoms. The van der Waals surface area contributed by atoms with Gasteiger partial charge in [-0.15, -0.1) is 0 Å². The number of ether oxygens (including phenoxy) is 1. The number of benzene rings is 2. The van der Waals surface area contributed by atoms with Crippen molar-refractivity contribution in [1.29, 1.82) is 0 Å². The van der Waals surface area contributed by atoms with E-state index in [1.54, 1.807) is 24.3 Å². The molecule has 6 nitrogen and oxygen atoms in total. The lowest BCUT2D eigenvalue weighted by Crippen LogP contribution is -2.22. The Labute approximate surface area is 179 Å². The highest BCUT2D eigenvalue weighted by Crippen LogP contribution is 2.33. The zero-order valence-corrected chi connectivity index (χ0v) is 17.1. The predicted molar refractivity (Wildman–Crippen MR) is 117 cm³/mol. The second-order valence-corrected chi connectivity index (χ2v) is 7.58. The van der Waals surface area contributed by atoms with Gasteiger partial charge in [-0.2, -0.15) is 5.10 Å². The average Bonchev–Trinajstić information content (AvgIpc) is 3.50. The summed E-state index contributed by atoms with van der Waals surface area (Å²) in [7, 11) is 0. The molecule has 5 rings (SSSR count). The normalized spacial score (nSPS) is 17.4. The molecule has 0 N–H and O–H groups in total. The number of para-hydroxylation sites is 1. The number of aryl methyl sites for hydroxylation is 1. The largest absolute Gasteiger partial charge is 0.402 e. The molecule has 1 fully saturated rings. The number of nitrogens with zero attached hydrogens (tertiary/aromatic N) is 4. The summed E-state index contributed by atoms with van der Waals surface area (Å²) in [5, 5.41) is 4.75. The highest BCUT2D eigenvalue weighted by Gasteiger charge is 2.29. The van der Waals surface area contributed by atoms with E-state index in [-0.39, 0.29) is 17.2 Å². The number of halogens is 1. The zero-order chi connectivity index (χ0) is 21.4. The number of aromatic nitrogens is 2. The number of hydrogen-bond donors (Lipinski definition) is 0. The van der Waals surface area contributed by atoms with E-state index in [1.165, 1.54) is 6.07 Å². The molecular formula is C24H21FN4O2. The van der Waals surface area contributed by atoms with E-state index >= 15 is 0 Å². The quantitative estimate of drug-likeness (QED) is 0.471. The van der Waals surface area contributed by atoms with Crippen molar-refractivity contribution in [3.05, 3.63) is 82.9 Å². The van der Waals surface area contributed by atoms with Crippen LogP contribution in [-0.4, -0.2) is 34.7 Å². The second kappa shape index (κ2) is 7.83. The van der Waals surface area contributed by atoms with Crippen LogP contribution in [-0.2, 0) is 9.53 Å². The monoisotopic (exact) mass is 416 g/mol. The fraction of sp³-hybridized carbons (Fsp3) is 0.208. The number of cyclic esters (lactones) is 1. The highest BCUT2D eigenvalue weighted by atomic mass is 19.1. The number of carbonyl (C=O) groups excluding carboxylic acids is 1. The summed E-state index contributed by atoms with van der Waals surface area (Å²) in [4.78, 5) is 19.1. The predicted octanol–water partition coefficient (Wildman–Crippen LogP) is 4.26. The maximum absolute atomic E-state index is 14.1. The Kier molecular flexibility index (Phi) is 4.86. The van der Waals surface area contributed by atoms with Gasteiger partial charge < -0.3 is 9.64 Å². The van der Waals surface area contributed by atoms with Crippen molar-refractivity contribution < 1.29 is 13.9 Å². The Balaban J connectivity index is 1.62. The molecule has 1 aromatic heterocycles. The van der Waals surface area contributed by atoms with E-state index in [2.05, 4.69) is 9.89 Å². The summed E-state index contributed by atoms with van der Waals surface area (Å²) in [6, 6.07) is 16.0. The summed E-state index contributed by atoms with van der Waals surface area (Å²) in [6.45, 7) is 3.75. The molecule has 156 valence electrons. The molecule has 1 saturated heterocycles. The van der Waals surface area contributed by atoms with Gasteiger partial charge in [-0.25, -0.2) is 18.9 Å². The summed E-state index contributed by atoms with van der Waals surface area (Å²) in [6.07, 6.45) is 3.91. The molecule has 2 aliphatic heterocycles. The van der Waals surface area contributed by atoms with Gasteiger partial charge in [0.25, 0.3) is 0 Å². The van der Waals surface area contributed by atoms with Gasteiger partial charge >= 0.3 is 5.97 Å². The lowest BCUT2D eigenvalue weighted by Gasteiger charge is -2.20. The molecule has 0 bridgehead atoms. The van der Waals surface area contributed by atoms with E-state index in [4.69, 9.17) is 9.84 Å². The molecule has 0 amide bonds. The van der Waals surface area contributed by atoms with Crippen LogP contribution in [0.5, 0.6) is 0 Å². The summed E-state index contributed by atoms with van der Waals surface area (Å²) in [5.74, 6) is -0.181. The minimum atomic E-state index is -0.600. The highest BCUT2D eigenvalue weighted by molar-refractivity contribution is 6.13. The Morgan fingerprint density at radius 3 is 2.48 bits per heavy atom. The van der Waals surface area contributed by atoms with Crippen LogP contribution >= 0.6 is 0 Å². The van der Waals surface area contributed by atoms with Crippen LogP contribution in [0, 0.1) is 12.7 Å². The average molecular weight is 416 g/mol. The van der Waals surface area contributed by atoms with Crippen molar-refractivity contribution in [3.63, 3.8) is 0 Å². The molecule has 0 atom stereocenters. The lowest BCUT2D eigenvalue weighted by molar-refractivity contribution is -0.129. The first-order valence-electron chi connectivity index (χ1n) is 10.3. The number of hydrogen-bond acceptors (Lipinski definition) is 5. The molecule has 0 saturated carbocycles. The van der Waals surface area contributed by atoms with Crippen molar-refractivity contribution in [1.82, 2.24) is 9.78 Å². The smallest absolute Gasteiger partial charge is 0.363 e. The fourth-order valence-corrected chi connectivity index (χ4v) is 3.97. The third-order valence-corrected chi connectivity index (χ3v) is 5.49. The van der Waals surface area contributed by atoms with E-state index < -0.39 is 11.8 Å². The number of aliphatic imine (C=N–C) groups is 1. The molecule has 0 radical (unpaired) electrons. The summed E-state index contributed by atoms with van der Waals surface area (Å²) >= 11 is 0. The molecule has 31 heavy (non-hydrogen) atoms. The molecule has 3 aromatic rings. The zero-order valence-electron chi connectivity index (χ0n) is 17.1. The van der Waals surface area contributed by atoms with E-state index in [9.17, 15) is 9.18 Å². The molecule has 0 aliphatic carbocycles. The summed E-state index contributed by atoms with van der Waals surface area (Å²) in [5.41, 5.74) is 2.84. The molecule has 0 unspecified atom stereocenters. The van der Waals surface area contributed by atoms with Crippen LogP contribution in [0.15, 0.2) is 65.3 Å². The van der Waals surface area contributed by atoms with Crippen LogP contribution in [0.1, 0.15) is 29.7 Å². The third-order valence-electron chi connectivity index (χ3n) is 5.49. The van der Waals surface area contributed by atoms with Crippen molar-refractivity contribution in [2.75, 3.05) is 18.0 Å². The fourth-order valence-electron chi connectivity index (χ4n) is 3.97. The Hall–Kier alpha value is -3.74. The van der Waals surface area contributed by atoms with Gasteiger partial charge in [0, 0.05) is 18.7 Å². The van der Waals surface area contributed by atoms with Crippen molar-refractivity contribution in [3.8, 4) is 5.69 Å². The van der Waals surface area contributed by atoms with Gasteiger partial charge in [0.2, 0.25) is 5.90 Å². The SMILES string of the molecule is Cc1nn(-c2ccccc2)c(N2CCCC2)c1/C=C1/N=C(c2ccccc2F)OC1=O. The van der Waals surface area contributed by atoms with Crippen molar-refractivity contribution >= 4 is 23.8 Å². The van der Waals surface area contributed by atoms with Crippen LogP contribution < -0.4 is 4.90 Å². The van der Waals surface area contributed by atoms with Gasteiger partial charge in [-0.05, 0) is 50.1 Å². The first-order chi connectivity index (χ1) is 15.1. The first kappa shape index (κ1) is 19.2. The number of anilines is 1. The first-order valence-corrected chi connectivity index (χ1v) is 10.3. The minimum Gasteiger partial charge on any atom is -0.402 e. The van der Waals surface area contributed by atoms with Crippen molar-refractivity contribution in [2.24, 2.45) is 4.99 Å². The van der Waals surface area contributed by atoms with Crippen molar-refractivity contribution in [2.45, 2.75) is 19.8 Å². The second-order valence-electron chi connectivity index (χ2n) is 7.58. The Morgan fingerprint density at radius 2 is 1.74 bits per heavy atom. The molecule has 0 spiro atoms. The third kappa shape index (κ3) is 3.52. The summed E-state index contributed by atoms with van der Waals surface area (Å²) < 4.78 is 21.3. The molecule has 2 aliphatic rings. The molecule has 3 heterocycles. The maximum atomic E-state index is 14.1.